The molecule has 3 saturated carbocycles. The zero-order valence-corrected chi connectivity index (χ0v) is 19.5. The van der Waals surface area contributed by atoms with E-state index in [0.717, 1.165) is 30.6 Å². The molecular weight excluding hydrogens is 378 g/mol. The standard InChI is InChI=1S/C27H42F2O/c1-18(2)8-6-9-19(3)22-14-15-24-21(10-7-17-26(22,24)5)12-13-23-20(4)11-16-25(30)27(23,28)29/h12-13,18-19,22,24-25,30H,4,6-11,14-17H2,1-3,5H3/b21-12+,23-13-/t19-,22-,24+,25+,26-/m1/s1. The molecule has 0 radical (unpaired) electrons. The summed E-state index contributed by atoms with van der Waals surface area (Å²) in [7, 11) is 0. The summed E-state index contributed by atoms with van der Waals surface area (Å²) in [5, 5.41) is 9.80. The number of rotatable bonds is 6. The number of hydrogen-bond acceptors (Lipinski definition) is 1. The van der Waals surface area contributed by atoms with Crippen LogP contribution in [-0.2, 0) is 0 Å². The lowest BCUT2D eigenvalue weighted by Gasteiger charge is -2.44. The van der Waals surface area contributed by atoms with Gasteiger partial charge in [0.1, 0.15) is 6.10 Å². The van der Waals surface area contributed by atoms with Crippen molar-refractivity contribution >= 4 is 0 Å². The van der Waals surface area contributed by atoms with Crippen molar-refractivity contribution in [3.63, 3.8) is 0 Å². The Morgan fingerprint density at radius 1 is 1.10 bits per heavy atom. The first-order chi connectivity index (χ1) is 14.1. The van der Waals surface area contributed by atoms with Crippen molar-refractivity contribution in [2.24, 2.45) is 29.1 Å². The first-order valence-electron chi connectivity index (χ1n) is 12.2. The Hall–Kier alpha value is -0.960. The molecular formula is C27H42F2O. The molecule has 0 aromatic rings. The van der Waals surface area contributed by atoms with Gasteiger partial charge in [-0.25, -0.2) is 0 Å². The van der Waals surface area contributed by atoms with Crippen LogP contribution in [-0.4, -0.2) is 17.1 Å². The van der Waals surface area contributed by atoms with Gasteiger partial charge in [-0.05, 0) is 79.6 Å². The van der Waals surface area contributed by atoms with Crippen molar-refractivity contribution in [3.8, 4) is 0 Å². The fraction of sp³-hybridized carbons (Fsp3) is 0.778. The van der Waals surface area contributed by atoms with E-state index >= 15 is 0 Å². The van der Waals surface area contributed by atoms with E-state index in [1.165, 1.54) is 44.1 Å². The van der Waals surface area contributed by atoms with Gasteiger partial charge in [0.2, 0.25) is 0 Å². The van der Waals surface area contributed by atoms with Gasteiger partial charge < -0.3 is 5.11 Å². The number of alkyl halides is 2. The van der Waals surface area contributed by atoms with Crippen LogP contribution in [0.3, 0.4) is 0 Å². The van der Waals surface area contributed by atoms with E-state index in [2.05, 4.69) is 34.3 Å². The summed E-state index contributed by atoms with van der Waals surface area (Å²) in [5.41, 5.74) is 2.06. The van der Waals surface area contributed by atoms with Gasteiger partial charge in [-0.2, -0.15) is 8.78 Å². The summed E-state index contributed by atoms with van der Waals surface area (Å²) in [6, 6.07) is 0. The second-order valence-corrected chi connectivity index (χ2v) is 11.0. The molecule has 5 atom stereocenters. The third-order valence-corrected chi connectivity index (χ3v) is 8.51. The third kappa shape index (κ3) is 4.61. The van der Waals surface area contributed by atoms with Crippen LogP contribution in [0.5, 0.6) is 0 Å². The van der Waals surface area contributed by atoms with Crippen molar-refractivity contribution in [2.45, 2.75) is 104 Å². The van der Waals surface area contributed by atoms with Crippen molar-refractivity contribution in [1.82, 2.24) is 0 Å². The van der Waals surface area contributed by atoms with E-state index in [1.807, 2.05) is 6.08 Å². The molecule has 1 nitrogen and oxygen atoms in total. The molecule has 0 spiro atoms. The zero-order valence-electron chi connectivity index (χ0n) is 19.5. The first-order valence-corrected chi connectivity index (χ1v) is 12.2. The Bertz CT molecular complexity index is 689. The molecule has 30 heavy (non-hydrogen) atoms. The quantitative estimate of drug-likeness (QED) is 0.463. The smallest absolute Gasteiger partial charge is 0.298 e. The molecule has 0 amide bonds. The summed E-state index contributed by atoms with van der Waals surface area (Å²) in [6.07, 6.45) is 12.3. The Labute approximate surface area is 182 Å². The Balaban J connectivity index is 1.77. The number of fused-ring (bicyclic) bond motifs is 1. The molecule has 1 N–H and O–H groups in total. The molecule has 3 heteroatoms. The number of allylic oxidation sites excluding steroid dienone is 4. The van der Waals surface area contributed by atoms with Crippen LogP contribution < -0.4 is 0 Å². The summed E-state index contributed by atoms with van der Waals surface area (Å²) in [5.74, 6) is -0.440. The summed E-state index contributed by atoms with van der Waals surface area (Å²) in [6.45, 7) is 13.4. The monoisotopic (exact) mass is 420 g/mol. The van der Waals surface area contributed by atoms with Crippen LogP contribution in [0.4, 0.5) is 8.78 Å². The Kier molecular flexibility index (Phi) is 7.32. The van der Waals surface area contributed by atoms with Crippen LogP contribution in [0, 0.1) is 29.1 Å². The molecule has 0 bridgehead atoms. The first kappa shape index (κ1) is 23.7. The molecule has 3 rings (SSSR count). The number of aliphatic hydroxyl groups excluding tert-OH is 1. The van der Waals surface area contributed by atoms with Crippen molar-refractivity contribution in [1.29, 1.82) is 0 Å². The highest BCUT2D eigenvalue weighted by molar-refractivity contribution is 5.41. The van der Waals surface area contributed by atoms with E-state index < -0.39 is 12.0 Å². The van der Waals surface area contributed by atoms with E-state index in [0.29, 0.717) is 23.3 Å². The van der Waals surface area contributed by atoms with Gasteiger partial charge in [-0.1, -0.05) is 71.3 Å². The molecule has 0 aromatic carbocycles. The van der Waals surface area contributed by atoms with Crippen molar-refractivity contribution in [2.75, 3.05) is 0 Å². The fourth-order valence-electron chi connectivity index (χ4n) is 6.72. The van der Waals surface area contributed by atoms with Crippen LogP contribution in [0.25, 0.3) is 0 Å². The maximum Gasteiger partial charge on any atom is 0.298 e. The van der Waals surface area contributed by atoms with Crippen LogP contribution in [0.1, 0.15) is 91.9 Å². The number of aliphatic hydroxyl groups is 1. The number of hydrogen-bond donors (Lipinski definition) is 1. The Morgan fingerprint density at radius 3 is 2.53 bits per heavy atom. The second kappa shape index (κ2) is 9.27. The minimum atomic E-state index is -3.19. The van der Waals surface area contributed by atoms with E-state index in [9.17, 15) is 13.9 Å². The largest absolute Gasteiger partial charge is 0.386 e. The average molecular weight is 421 g/mol. The summed E-state index contributed by atoms with van der Waals surface area (Å²) < 4.78 is 29.1. The van der Waals surface area contributed by atoms with Gasteiger partial charge in [0.15, 0.2) is 0 Å². The lowest BCUT2D eigenvalue weighted by atomic mass is 9.60. The van der Waals surface area contributed by atoms with Gasteiger partial charge in [0.25, 0.3) is 5.92 Å². The average Bonchev–Trinajstić information content (AvgIpc) is 3.02. The SMILES string of the molecule is C=C1CC[C@H](O)C(F)(F)/C1=C\C=C1/CCC[C@]2(C)[C@@H]([C@H](C)CCCC(C)C)CC[C@@H]12. The summed E-state index contributed by atoms with van der Waals surface area (Å²) in [4.78, 5) is 0. The van der Waals surface area contributed by atoms with Gasteiger partial charge >= 0.3 is 0 Å². The topological polar surface area (TPSA) is 20.2 Å². The summed E-state index contributed by atoms with van der Waals surface area (Å²) >= 11 is 0. The predicted octanol–water partition coefficient (Wildman–Crippen LogP) is 7.86. The lowest BCUT2D eigenvalue weighted by Crippen LogP contribution is -2.39. The molecule has 0 saturated heterocycles. The minimum absolute atomic E-state index is 0.0578. The molecule has 3 fully saturated rings. The zero-order chi connectivity index (χ0) is 22.1. The highest BCUT2D eigenvalue weighted by Crippen LogP contribution is 2.60. The Morgan fingerprint density at radius 2 is 1.83 bits per heavy atom. The normalized spacial score (nSPS) is 37.7. The predicted molar refractivity (Wildman–Crippen MR) is 122 cm³/mol. The highest BCUT2D eigenvalue weighted by atomic mass is 19.3. The molecule has 3 aliphatic rings. The van der Waals surface area contributed by atoms with Gasteiger partial charge in [-0.15, -0.1) is 0 Å². The van der Waals surface area contributed by atoms with Gasteiger partial charge in [0, 0.05) is 5.57 Å². The number of halogens is 2. The maximum atomic E-state index is 14.5. The van der Waals surface area contributed by atoms with E-state index in [4.69, 9.17) is 0 Å². The van der Waals surface area contributed by atoms with Crippen molar-refractivity contribution in [3.05, 3.63) is 35.5 Å². The minimum Gasteiger partial charge on any atom is -0.386 e. The second-order valence-electron chi connectivity index (χ2n) is 11.0. The van der Waals surface area contributed by atoms with Crippen molar-refractivity contribution < 1.29 is 13.9 Å². The van der Waals surface area contributed by atoms with E-state index in [-0.39, 0.29) is 12.0 Å². The molecule has 0 aliphatic heterocycles. The molecule has 0 aromatic heterocycles. The molecule has 3 aliphatic carbocycles. The van der Waals surface area contributed by atoms with Crippen LogP contribution in [0.2, 0.25) is 0 Å². The molecule has 0 unspecified atom stereocenters. The third-order valence-electron chi connectivity index (χ3n) is 8.51. The fourth-order valence-corrected chi connectivity index (χ4v) is 6.72. The van der Waals surface area contributed by atoms with Gasteiger partial charge in [0.05, 0.1) is 0 Å². The van der Waals surface area contributed by atoms with Crippen LogP contribution in [0.15, 0.2) is 35.5 Å². The van der Waals surface area contributed by atoms with Crippen LogP contribution >= 0.6 is 0 Å². The van der Waals surface area contributed by atoms with E-state index in [1.54, 1.807) is 6.08 Å². The lowest BCUT2D eigenvalue weighted by molar-refractivity contribution is -0.0868. The van der Waals surface area contributed by atoms with Gasteiger partial charge in [-0.3, -0.25) is 0 Å². The highest BCUT2D eigenvalue weighted by Gasteiger charge is 2.50. The maximum absolute atomic E-state index is 14.5. The molecule has 0 heterocycles. The molecule has 170 valence electrons.